The van der Waals surface area contributed by atoms with Gasteiger partial charge in [-0.3, -0.25) is 4.79 Å². The summed E-state index contributed by atoms with van der Waals surface area (Å²) in [6, 6.07) is 9.08. The number of carbonyl (C=O) groups excluding carboxylic acids is 2. The number of nitrogens with one attached hydrogen (secondary N) is 2. The van der Waals surface area contributed by atoms with Gasteiger partial charge in [-0.1, -0.05) is 6.92 Å². The number of amides is 3. The molecule has 14 heteroatoms. The standard InChI is InChI=1S/C28H35FN6O6S/c1-18-13-35(19(2)16-36)27(37)12-20-11-23(32-28(38)31-22-7-5-21(29)6-8-22)9-10-24(20)41-25(18)14-34(4)42(39,40)26-15-33(3)17-30-26/h5-11,15,17-19,25,36H,12-14,16H2,1-4H3,(H2,31,32,38)/t18-,19+,25+/m0/s1. The first kappa shape index (κ1) is 30.9. The molecule has 0 bridgehead atoms. The van der Waals surface area contributed by atoms with Gasteiger partial charge in [-0.25, -0.2) is 22.6 Å². The fourth-order valence-corrected chi connectivity index (χ4v) is 5.73. The summed E-state index contributed by atoms with van der Waals surface area (Å²) in [5.74, 6) is -0.640. The van der Waals surface area contributed by atoms with Gasteiger partial charge in [0.15, 0.2) is 5.03 Å². The summed E-state index contributed by atoms with van der Waals surface area (Å²) in [5, 5.41) is 15.1. The van der Waals surface area contributed by atoms with Crippen LogP contribution in [0.5, 0.6) is 5.75 Å². The van der Waals surface area contributed by atoms with Crippen LogP contribution in [0.15, 0.2) is 60.0 Å². The summed E-state index contributed by atoms with van der Waals surface area (Å²) < 4.78 is 48.7. The van der Waals surface area contributed by atoms with Gasteiger partial charge in [0.1, 0.15) is 17.7 Å². The number of imidazole rings is 1. The second-order valence-electron chi connectivity index (χ2n) is 10.5. The van der Waals surface area contributed by atoms with Crippen LogP contribution in [0.4, 0.5) is 20.6 Å². The van der Waals surface area contributed by atoms with E-state index in [0.717, 1.165) is 0 Å². The highest BCUT2D eigenvalue weighted by atomic mass is 32.2. The molecule has 2 aromatic carbocycles. The molecule has 12 nitrogen and oxygen atoms in total. The first-order valence-electron chi connectivity index (χ1n) is 13.3. The average Bonchev–Trinajstić information content (AvgIpc) is 3.40. The van der Waals surface area contributed by atoms with Gasteiger partial charge < -0.3 is 29.9 Å². The Morgan fingerprint density at radius 2 is 1.88 bits per heavy atom. The molecule has 1 aromatic heterocycles. The van der Waals surface area contributed by atoms with Crippen molar-refractivity contribution in [1.29, 1.82) is 0 Å². The number of hydrogen-bond donors (Lipinski definition) is 3. The van der Waals surface area contributed by atoms with Gasteiger partial charge in [-0.2, -0.15) is 4.31 Å². The minimum atomic E-state index is -3.92. The number of fused-ring (bicyclic) bond motifs is 1. The number of hydrogen-bond acceptors (Lipinski definition) is 7. The minimum absolute atomic E-state index is 0.0326. The molecule has 0 spiro atoms. The zero-order chi connectivity index (χ0) is 30.6. The van der Waals surface area contributed by atoms with Gasteiger partial charge >= 0.3 is 6.03 Å². The largest absolute Gasteiger partial charge is 0.488 e. The average molecular weight is 603 g/mol. The molecule has 0 saturated heterocycles. The predicted molar refractivity (Wildman–Crippen MR) is 154 cm³/mol. The van der Waals surface area contributed by atoms with Crippen LogP contribution < -0.4 is 15.4 Å². The predicted octanol–water partition coefficient (Wildman–Crippen LogP) is 2.67. The summed E-state index contributed by atoms with van der Waals surface area (Å²) >= 11 is 0. The van der Waals surface area contributed by atoms with Crippen molar-refractivity contribution >= 4 is 33.3 Å². The van der Waals surface area contributed by atoms with Gasteiger partial charge in [0.05, 0.1) is 31.9 Å². The Balaban J connectivity index is 1.61. The molecule has 2 heterocycles. The highest BCUT2D eigenvalue weighted by Crippen LogP contribution is 2.30. The number of likely N-dealkylation sites (N-methyl/N-ethyl adjacent to an activating group) is 1. The monoisotopic (exact) mass is 602 g/mol. The van der Waals surface area contributed by atoms with Gasteiger partial charge in [0.2, 0.25) is 5.91 Å². The Morgan fingerprint density at radius 3 is 2.52 bits per heavy atom. The van der Waals surface area contributed by atoms with Crippen LogP contribution in [0.25, 0.3) is 0 Å². The van der Waals surface area contributed by atoms with Crippen molar-refractivity contribution in [3.8, 4) is 5.75 Å². The van der Waals surface area contributed by atoms with Crippen molar-refractivity contribution in [3.05, 3.63) is 66.4 Å². The molecule has 0 aliphatic carbocycles. The Labute approximate surface area is 244 Å². The van der Waals surface area contributed by atoms with E-state index in [0.29, 0.717) is 22.7 Å². The minimum Gasteiger partial charge on any atom is -0.488 e. The number of aliphatic hydroxyl groups excluding tert-OH is 1. The number of carbonyl (C=O) groups is 2. The topological polar surface area (TPSA) is 146 Å². The Morgan fingerprint density at radius 1 is 1.21 bits per heavy atom. The number of aliphatic hydroxyl groups is 1. The smallest absolute Gasteiger partial charge is 0.323 e. The van der Waals surface area contributed by atoms with Crippen LogP contribution in [0.1, 0.15) is 19.4 Å². The molecule has 3 aromatic rings. The maximum Gasteiger partial charge on any atom is 0.323 e. The molecule has 0 fully saturated rings. The zero-order valence-electron chi connectivity index (χ0n) is 23.8. The quantitative estimate of drug-likeness (QED) is 0.359. The second-order valence-corrected chi connectivity index (χ2v) is 12.5. The summed E-state index contributed by atoms with van der Waals surface area (Å²) in [6.45, 7) is 3.53. The molecule has 1 aliphatic rings. The molecule has 4 rings (SSSR count). The van der Waals surface area contributed by atoms with Gasteiger partial charge in [-0.05, 0) is 49.4 Å². The van der Waals surface area contributed by atoms with Crippen LogP contribution in [-0.4, -0.2) is 83.1 Å². The number of aryl methyl sites for hydroxylation is 1. The normalized spacial score (nSPS) is 18.4. The first-order chi connectivity index (χ1) is 19.9. The third kappa shape index (κ3) is 7.24. The molecule has 0 saturated carbocycles. The van der Waals surface area contributed by atoms with Crippen LogP contribution >= 0.6 is 0 Å². The third-order valence-electron chi connectivity index (χ3n) is 7.07. The number of urea groups is 1. The number of benzene rings is 2. The summed E-state index contributed by atoms with van der Waals surface area (Å²) in [4.78, 5) is 31.5. The molecular weight excluding hydrogens is 567 g/mol. The zero-order valence-corrected chi connectivity index (χ0v) is 24.6. The molecule has 3 amide bonds. The number of rotatable bonds is 8. The highest BCUT2D eigenvalue weighted by molar-refractivity contribution is 7.89. The van der Waals surface area contributed by atoms with Crippen molar-refractivity contribution < 1.29 is 32.2 Å². The highest BCUT2D eigenvalue weighted by Gasteiger charge is 2.34. The van der Waals surface area contributed by atoms with Crippen molar-refractivity contribution in [2.45, 2.75) is 37.4 Å². The fourth-order valence-electron chi connectivity index (χ4n) is 4.59. The van der Waals surface area contributed by atoms with Crippen LogP contribution in [-0.2, 0) is 28.3 Å². The van der Waals surface area contributed by atoms with Gasteiger partial charge in [0.25, 0.3) is 10.0 Å². The van der Waals surface area contributed by atoms with Crippen molar-refractivity contribution in [3.63, 3.8) is 0 Å². The maximum absolute atomic E-state index is 13.4. The van der Waals surface area contributed by atoms with Crippen LogP contribution in [0.3, 0.4) is 0 Å². The van der Waals surface area contributed by atoms with Crippen LogP contribution in [0.2, 0.25) is 0 Å². The van der Waals surface area contributed by atoms with E-state index in [1.54, 1.807) is 41.6 Å². The van der Waals surface area contributed by atoms with Crippen molar-refractivity contribution in [1.82, 2.24) is 18.8 Å². The maximum atomic E-state index is 13.4. The number of aromatic nitrogens is 2. The molecule has 3 atom stereocenters. The summed E-state index contributed by atoms with van der Waals surface area (Å²) in [6.07, 6.45) is 2.07. The van der Waals surface area contributed by atoms with E-state index in [9.17, 15) is 27.5 Å². The van der Waals surface area contributed by atoms with Gasteiger partial charge in [-0.15, -0.1) is 0 Å². The summed E-state index contributed by atoms with van der Waals surface area (Å²) in [7, 11) is -0.796. The SMILES string of the molecule is C[C@H](CO)N1C[C@H](C)[C@@H](CN(C)S(=O)(=O)c2cn(C)cn2)Oc2ccc(NC(=O)Nc3ccc(F)cc3)cc2CC1=O. The van der Waals surface area contributed by atoms with E-state index in [-0.39, 0.29) is 43.0 Å². The number of ether oxygens (including phenoxy) is 1. The Hall–Kier alpha value is -4.01. The number of nitrogens with zero attached hydrogens (tertiary/aromatic N) is 4. The summed E-state index contributed by atoms with van der Waals surface area (Å²) in [5.41, 5.74) is 1.25. The van der Waals surface area contributed by atoms with Crippen molar-refractivity contribution in [2.24, 2.45) is 13.0 Å². The lowest BCUT2D eigenvalue weighted by atomic mass is 10.0. The fraction of sp³-hybridized carbons (Fsp3) is 0.393. The van der Waals surface area contributed by atoms with E-state index in [1.807, 2.05) is 6.92 Å². The van der Waals surface area contributed by atoms with E-state index in [2.05, 4.69) is 15.6 Å². The number of halogens is 1. The van der Waals surface area contributed by atoms with Gasteiger partial charge in [0, 0.05) is 49.7 Å². The molecule has 0 unspecified atom stereocenters. The van der Waals surface area contributed by atoms with Crippen molar-refractivity contribution in [2.75, 3.05) is 37.4 Å². The lowest BCUT2D eigenvalue weighted by molar-refractivity contribution is -0.134. The number of sulfonamides is 1. The lowest BCUT2D eigenvalue weighted by Crippen LogP contribution is -2.48. The molecule has 3 N–H and O–H groups in total. The Kier molecular flexibility index (Phi) is 9.49. The Bertz CT molecular complexity index is 1530. The lowest BCUT2D eigenvalue weighted by Gasteiger charge is -2.33. The molecular formula is C28H35FN6O6S. The molecule has 226 valence electrons. The van der Waals surface area contributed by atoms with E-state index < -0.39 is 34.0 Å². The second kappa shape index (κ2) is 12.9. The van der Waals surface area contributed by atoms with E-state index in [1.165, 1.54) is 48.1 Å². The van der Waals surface area contributed by atoms with Crippen LogP contribution in [0, 0.1) is 11.7 Å². The number of anilines is 2. The molecule has 1 aliphatic heterocycles. The first-order valence-corrected chi connectivity index (χ1v) is 14.8. The van der Waals surface area contributed by atoms with E-state index in [4.69, 9.17) is 4.74 Å². The molecule has 42 heavy (non-hydrogen) atoms. The van der Waals surface area contributed by atoms with E-state index >= 15 is 0 Å². The third-order valence-corrected chi connectivity index (χ3v) is 8.78. The molecule has 0 radical (unpaired) electrons.